The van der Waals surface area contributed by atoms with Gasteiger partial charge >= 0.3 is 6.09 Å². The molecule has 0 radical (unpaired) electrons. The standard InChI is InChI=1S/C16H23NO3/c18-15-14(11-6-12-17(15)16(19)20)10-5-4-9-13-7-2-1-3-8-13/h6,11-13H,1-5,7-10H2,(H,19,20). The number of carboxylic acid groups (broad SMARTS) is 1. The molecule has 0 saturated heterocycles. The molecule has 0 bridgehead atoms. The van der Waals surface area contributed by atoms with Crippen LogP contribution in [0, 0.1) is 5.92 Å². The van der Waals surface area contributed by atoms with Gasteiger partial charge in [0.05, 0.1) is 0 Å². The van der Waals surface area contributed by atoms with Gasteiger partial charge in [0.1, 0.15) is 0 Å². The lowest BCUT2D eigenvalue weighted by Gasteiger charge is -2.21. The van der Waals surface area contributed by atoms with Gasteiger partial charge in [-0.15, -0.1) is 0 Å². The highest BCUT2D eigenvalue weighted by Gasteiger charge is 2.13. The molecule has 1 aromatic heterocycles. The summed E-state index contributed by atoms with van der Waals surface area (Å²) in [5.74, 6) is 0.871. The molecule has 4 heteroatoms. The molecule has 0 aliphatic heterocycles. The van der Waals surface area contributed by atoms with Crippen molar-refractivity contribution in [3.05, 3.63) is 34.2 Å². The maximum absolute atomic E-state index is 11.9. The first-order valence-electron chi connectivity index (χ1n) is 7.62. The van der Waals surface area contributed by atoms with Gasteiger partial charge in [-0.1, -0.05) is 51.0 Å². The second-order valence-electron chi connectivity index (χ2n) is 5.74. The van der Waals surface area contributed by atoms with Crippen molar-refractivity contribution in [1.29, 1.82) is 0 Å². The highest BCUT2D eigenvalue weighted by atomic mass is 16.4. The quantitative estimate of drug-likeness (QED) is 0.835. The van der Waals surface area contributed by atoms with Crippen LogP contribution in [0.25, 0.3) is 0 Å². The Bertz CT molecular complexity index is 501. The zero-order valence-corrected chi connectivity index (χ0v) is 11.9. The molecule has 1 heterocycles. The monoisotopic (exact) mass is 277 g/mol. The van der Waals surface area contributed by atoms with Gasteiger partial charge in [0.25, 0.3) is 5.56 Å². The number of hydrogen-bond acceptors (Lipinski definition) is 2. The van der Waals surface area contributed by atoms with Crippen molar-refractivity contribution in [2.45, 2.75) is 57.8 Å². The van der Waals surface area contributed by atoms with Crippen LogP contribution in [0.5, 0.6) is 0 Å². The average Bonchev–Trinajstić information content (AvgIpc) is 2.46. The number of aromatic nitrogens is 1. The molecule has 110 valence electrons. The first-order valence-corrected chi connectivity index (χ1v) is 7.62. The molecule has 0 spiro atoms. The Morgan fingerprint density at radius 3 is 2.70 bits per heavy atom. The van der Waals surface area contributed by atoms with Gasteiger partial charge in [0, 0.05) is 11.8 Å². The van der Waals surface area contributed by atoms with E-state index in [1.165, 1.54) is 44.7 Å². The summed E-state index contributed by atoms with van der Waals surface area (Å²) in [5, 5.41) is 8.89. The molecule has 1 fully saturated rings. The Morgan fingerprint density at radius 1 is 1.25 bits per heavy atom. The highest BCUT2D eigenvalue weighted by molar-refractivity contribution is 5.67. The minimum atomic E-state index is -1.21. The Morgan fingerprint density at radius 2 is 2.00 bits per heavy atom. The van der Waals surface area contributed by atoms with E-state index in [0.29, 0.717) is 12.0 Å². The Hall–Kier alpha value is -1.58. The molecule has 0 aromatic carbocycles. The number of hydrogen-bond donors (Lipinski definition) is 1. The van der Waals surface area contributed by atoms with Crippen LogP contribution < -0.4 is 5.56 Å². The molecular weight excluding hydrogens is 254 g/mol. The van der Waals surface area contributed by atoms with E-state index in [-0.39, 0.29) is 0 Å². The van der Waals surface area contributed by atoms with Gasteiger partial charge in [0.2, 0.25) is 0 Å². The molecule has 1 saturated carbocycles. The zero-order valence-electron chi connectivity index (χ0n) is 11.9. The molecular formula is C16H23NO3. The Balaban J connectivity index is 1.80. The van der Waals surface area contributed by atoms with Crippen molar-refractivity contribution in [3.63, 3.8) is 0 Å². The molecule has 2 rings (SSSR count). The summed E-state index contributed by atoms with van der Waals surface area (Å²) in [4.78, 5) is 22.8. The summed E-state index contributed by atoms with van der Waals surface area (Å²) in [5.41, 5.74) is 0.219. The van der Waals surface area contributed by atoms with E-state index >= 15 is 0 Å². The van der Waals surface area contributed by atoms with Crippen LogP contribution in [0.15, 0.2) is 23.1 Å². The predicted molar refractivity (Wildman–Crippen MR) is 78.3 cm³/mol. The molecule has 1 N–H and O–H groups in total. The zero-order chi connectivity index (χ0) is 14.4. The number of pyridine rings is 1. The summed E-state index contributed by atoms with van der Waals surface area (Å²) in [7, 11) is 0. The van der Waals surface area contributed by atoms with Crippen molar-refractivity contribution in [3.8, 4) is 0 Å². The molecule has 1 aliphatic rings. The lowest BCUT2D eigenvalue weighted by Crippen LogP contribution is -2.27. The van der Waals surface area contributed by atoms with Crippen molar-refractivity contribution in [1.82, 2.24) is 4.57 Å². The minimum absolute atomic E-state index is 0.391. The maximum atomic E-state index is 11.9. The summed E-state index contributed by atoms with van der Waals surface area (Å²) in [6, 6.07) is 3.37. The Labute approximate surface area is 119 Å². The van der Waals surface area contributed by atoms with Gasteiger partial charge in [-0.05, 0) is 24.8 Å². The average molecular weight is 277 g/mol. The lowest BCUT2D eigenvalue weighted by molar-refractivity contribution is 0.195. The number of nitrogens with zero attached hydrogens (tertiary/aromatic N) is 1. The van der Waals surface area contributed by atoms with Gasteiger partial charge in [0.15, 0.2) is 0 Å². The predicted octanol–water partition coefficient (Wildman–Crippen LogP) is 3.67. The fourth-order valence-corrected chi connectivity index (χ4v) is 3.10. The molecule has 0 amide bonds. The van der Waals surface area contributed by atoms with Gasteiger partial charge in [-0.3, -0.25) is 4.79 Å². The smallest absolute Gasteiger partial charge is 0.418 e. The van der Waals surface area contributed by atoms with E-state index in [9.17, 15) is 9.59 Å². The molecule has 0 unspecified atom stereocenters. The summed E-state index contributed by atoms with van der Waals surface area (Å²) < 4.78 is 0.760. The van der Waals surface area contributed by atoms with Crippen LogP contribution in [0.3, 0.4) is 0 Å². The number of unbranched alkanes of at least 4 members (excludes halogenated alkanes) is 1. The van der Waals surface area contributed by atoms with Crippen molar-refractivity contribution >= 4 is 6.09 Å². The SMILES string of the molecule is O=C(O)n1cccc(CCCCC2CCCCC2)c1=O. The molecule has 0 atom stereocenters. The van der Waals surface area contributed by atoms with E-state index in [1.54, 1.807) is 12.1 Å². The summed E-state index contributed by atoms with van der Waals surface area (Å²) in [6.07, 6.45) is 11.0. The van der Waals surface area contributed by atoms with Crippen LogP contribution in [-0.2, 0) is 6.42 Å². The first-order chi connectivity index (χ1) is 9.68. The molecule has 4 nitrogen and oxygen atoms in total. The number of rotatable bonds is 5. The first kappa shape index (κ1) is 14.8. The fourth-order valence-electron chi connectivity index (χ4n) is 3.10. The largest absolute Gasteiger partial charge is 0.464 e. The second kappa shape index (κ2) is 7.27. The van der Waals surface area contributed by atoms with E-state index in [0.717, 1.165) is 23.3 Å². The topological polar surface area (TPSA) is 59.3 Å². The third-order valence-corrected chi connectivity index (χ3v) is 4.27. The highest BCUT2D eigenvalue weighted by Crippen LogP contribution is 2.27. The van der Waals surface area contributed by atoms with E-state index < -0.39 is 11.7 Å². The number of carbonyl (C=O) groups is 1. The van der Waals surface area contributed by atoms with Crippen LogP contribution in [0.1, 0.15) is 56.9 Å². The minimum Gasteiger partial charge on any atom is -0.464 e. The van der Waals surface area contributed by atoms with Gasteiger partial charge < -0.3 is 5.11 Å². The van der Waals surface area contributed by atoms with Crippen molar-refractivity contribution < 1.29 is 9.90 Å². The Kier molecular flexibility index (Phi) is 5.39. The van der Waals surface area contributed by atoms with Crippen LogP contribution >= 0.6 is 0 Å². The van der Waals surface area contributed by atoms with Crippen LogP contribution in [-0.4, -0.2) is 15.8 Å². The summed E-state index contributed by atoms with van der Waals surface area (Å²) >= 11 is 0. The van der Waals surface area contributed by atoms with Crippen LogP contribution in [0.4, 0.5) is 4.79 Å². The molecule has 1 aliphatic carbocycles. The van der Waals surface area contributed by atoms with Crippen molar-refractivity contribution in [2.75, 3.05) is 0 Å². The number of aryl methyl sites for hydroxylation is 1. The van der Waals surface area contributed by atoms with Gasteiger partial charge in [-0.25, -0.2) is 9.36 Å². The van der Waals surface area contributed by atoms with Crippen molar-refractivity contribution in [2.24, 2.45) is 5.92 Å². The van der Waals surface area contributed by atoms with E-state index in [4.69, 9.17) is 5.11 Å². The maximum Gasteiger partial charge on any atom is 0.418 e. The van der Waals surface area contributed by atoms with Gasteiger partial charge in [-0.2, -0.15) is 0 Å². The lowest BCUT2D eigenvalue weighted by atomic mass is 9.85. The molecule has 1 aromatic rings. The van der Waals surface area contributed by atoms with E-state index in [1.807, 2.05) is 0 Å². The third-order valence-electron chi connectivity index (χ3n) is 4.27. The van der Waals surface area contributed by atoms with E-state index in [2.05, 4.69) is 0 Å². The normalized spacial score (nSPS) is 16.2. The fraction of sp³-hybridized carbons (Fsp3) is 0.625. The third kappa shape index (κ3) is 3.95. The van der Waals surface area contributed by atoms with Crippen LogP contribution in [0.2, 0.25) is 0 Å². The summed E-state index contributed by atoms with van der Waals surface area (Å²) in [6.45, 7) is 0. The second-order valence-corrected chi connectivity index (χ2v) is 5.74. The molecule has 20 heavy (non-hydrogen) atoms.